The van der Waals surface area contributed by atoms with E-state index in [4.69, 9.17) is 4.74 Å². The fourth-order valence-electron chi connectivity index (χ4n) is 1.42. The molecule has 0 radical (unpaired) electrons. The Bertz CT molecular complexity index is 418. The summed E-state index contributed by atoms with van der Waals surface area (Å²) in [5, 5.41) is 0. The number of hydrogen-bond donors (Lipinski definition) is 0. The molecule has 0 aliphatic carbocycles. The molecule has 3 heteroatoms. The predicted octanol–water partition coefficient (Wildman–Crippen LogP) is 4.18. The van der Waals surface area contributed by atoms with Crippen LogP contribution in [0.1, 0.15) is 29.3 Å². The zero-order chi connectivity index (χ0) is 12.7. The van der Waals surface area contributed by atoms with Crippen molar-refractivity contribution in [1.82, 2.24) is 0 Å². The van der Waals surface area contributed by atoms with E-state index in [1.807, 2.05) is 23.2 Å². The number of halogens is 1. The van der Waals surface area contributed by atoms with E-state index in [1.54, 1.807) is 19.1 Å². The summed E-state index contributed by atoms with van der Waals surface area (Å²) in [6.45, 7) is 5.89. The normalized spacial score (nSPS) is 11.1. The van der Waals surface area contributed by atoms with E-state index in [0.717, 1.165) is 17.6 Å². The van der Waals surface area contributed by atoms with E-state index >= 15 is 0 Å². The van der Waals surface area contributed by atoms with Gasteiger partial charge in [0.1, 0.15) is 0 Å². The molecule has 0 amide bonds. The van der Waals surface area contributed by atoms with Gasteiger partial charge in [0, 0.05) is 0 Å². The third-order valence-electron chi connectivity index (χ3n) is 2.26. The molecular weight excluding hydrogens is 280 g/mol. The Morgan fingerprint density at radius 3 is 2.41 bits per heavy atom. The molecule has 17 heavy (non-hydrogen) atoms. The molecule has 0 heterocycles. The maximum Gasteiger partial charge on any atom is 0.338 e. The number of esters is 1. The Morgan fingerprint density at radius 2 is 1.94 bits per heavy atom. The van der Waals surface area contributed by atoms with Crippen molar-refractivity contribution in [3.63, 3.8) is 0 Å². The molecule has 2 nitrogen and oxygen atoms in total. The summed E-state index contributed by atoms with van der Waals surface area (Å²) in [5.41, 5.74) is 2.76. The Labute approximate surface area is 110 Å². The van der Waals surface area contributed by atoms with Gasteiger partial charge >= 0.3 is 5.97 Å². The highest BCUT2D eigenvalue weighted by atomic mass is 79.9. The van der Waals surface area contributed by atoms with Gasteiger partial charge in [-0.15, -0.1) is 6.58 Å². The SMILES string of the molecule is C=CC/C(=C/Br)c1ccc(C(=O)OCC)cc1. The lowest BCUT2D eigenvalue weighted by Crippen LogP contribution is -2.04. The van der Waals surface area contributed by atoms with Crippen molar-refractivity contribution >= 4 is 27.5 Å². The molecular formula is C14H15BrO2. The lowest BCUT2D eigenvalue weighted by molar-refractivity contribution is 0.0526. The lowest BCUT2D eigenvalue weighted by Gasteiger charge is -2.05. The molecule has 1 rings (SSSR count). The minimum Gasteiger partial charge on any atom is -0.462 e. The van der Waals surface area contributed by atoms with Gasteiger partial charge in [-0.1, -0.05) is 34.1 Å². The molecule has 0 spiro atoms. The van der Waals surface area contributed by atoms with Crippen molar-refractivity contribution in [2.45, 2.75) is 13.3 Å². The fourth-order valence-corrected chi connectivity index (χ4v) is 1.87. The van der Waals surface area contributed by atoms with Crippen LogP contribution in [-0.4, -0.2) is 12.6 Å². The van der Waals surface area contributed by atoms with Gasteiger partial charge in [0.05, 0.1) is 12.2 Å². The van der Waals surface area contributed by atoms with Crippen LogP contribution in [0.2, 0.25) is 0 Å². The van der Waals surface area contributed by atoms with E-state index in [1.165, 1.54) is 0 Å². The highest BCUT2D eigenvalue weighted by Crippen LogP contribution is 2.20. The molecule has 0 atom stereocenters. The molecule has 0 unspecified atom stereocenters. The Morgan fingerprint density at radius 1 is 1.35 bits per heavy atom. The molecule has 0 aliphatic rings. The molecule has 90 valence electrons. The van der Waals surface area contributed by atoms with Crippen molar-refractivity contribution in [3.05, 3.63) is 53.0 Å². The number of hydrogen-bond acceptors (Lipinski definition) is 2. The van der Waals surface area contributed by atoms with Gasteiger partial charge in [-0.3, -0.25) is 0 Å². The topological polar surface area (TPSA) is 26.3 Å². The van der Waals surface area contributed by atoms with Crippen molar-refractivity contribution in [2.24, 2.45) is 0 Å². The molecule has 0 saturated carbocycles. The van der Waals surface area contributed by atoms with E-state index < -0.39 is 0 Å². The molecule has 0 bridgehead atoms. The summed E-state index contributed by atoms with van der Waals surface area (Å²) in [7, 11) is 0. The third kappa shape index (κ3) is 3.86. The van der Waals surface area contributed by atoms with Crippen LogP contribution in [0.25, 0.3) is 5.57 Å². The van der Waals surface area contributed by atoms with Crippen LogP contribution < -0.4 is 0 Å². The summed E-state index contributed by atoms with van der Waals surface area (Å²) < 4.78 is 4.92. The zero-order valence-corrected chi connectivity index (χ0v) is 11.4. The van der Waals surface area contributed by atoms with Crippen LogP contribution >= 0.6 is 15.9 Å². The second-order valence-corrected chi connectivity index (χ2v) is 3.88. The Hall–Kier alpha value is -1.35. The number of carbonyl (C=O) groups excluding carboxylic acids is 1. The molecule has 0 saturated heterocycles. The van der Waals surface area contributed by atoms with E-state index in [-0.39, 0.29) is 5.97 Å². The van der Waals surface area contributed by atoms with E-state index in [2.05, 4.69) is 22.5 Å². The largest absolute Gasteiger partial charge is 0.462 e. The minimum atomic E-state index is -0.285. The number of benzene rings is 1. The highest BCUT2D eigenvalue weighted by Gasteiger charge is 2.06. The first-order valence-corrected chi connectivity index (χ1v) is 6.32. The number of allylic oxidation sites excluding steroid dienone is 2. The summed E-state index contributed by atoms with van der Waals surface area (Å²) >= 11 is 3.32. The quantitative estimate of drug-likeness (QED) is 0.602. The van der Waals surface area contributed by atoms with Crippen molar-refractivity contribution in [1.29, 1.82) is 0 Å². The molecule has 1 aromatic rings. The summed E-state index contributed by atoms with van der Waals surface area (Å²) in [6, 6.07) is 7.35. The standard InChI is InChI=1S/C14H15BrO2/c1-3-5-13(10-15)11-6-8-12(9-7-11)14(16)17-4-2/h3,6-10H,1,4-5H2,2H3/b13-10-. The number of carbonyl (C=O) groups is 1. The lowest BCUT2D eigenvalue weighted by atomic mass is 10.0. The molecule has 0 fully saturated rings. The van der Waals surface area contributed by atoms with Gasteiger partial charge in [-0.2, -0.15) is 0 Å². The van der Waals surface area contributed by atoms with Crippen molar-refractivity contribution < 1.29 is 9.53 Å². The Kier molecular flexibility index (Phi) is 5.70. The fraction of sp³-hybridized carbons (Fsp3) is 0.214. The van der Waals surface area contributed by atoms with Gasteiger partial charge in [-0.25, -0.2) is 4.79 Å². The zero-order valence-electron chi connectivity index (χ0n) is 9.78. The summed E-state index contributed by atoms with van der Waals surface area (Å²) in [4.78, 5) is 13.3. The van der Waals surface area contributed by atoms with Gasteiger partial charge in [0.15, 0.2) is 0 Å². The number of rotatable bonds is 5. The van der Waals surface area contributed by atoms with Crippen LogP contribution in [0.15, 0.2) is 41.9 Å². The minimum absolute atomic E-state index is 0.285. The first-order valence-electron chi connectivity index (χ1n) is 5.40. The maximum atomic E-state index is 11.5. The average Bonchev–Trinajstić information content (AvgIpc) is 2.36. The van der Waals surface area contributed by atoms with E-state index in [9.17, 15) is 4.79 Å². The van der Waals surface area contributed by atoms with Crippen LogP contribution in [0.4, 0.5) is 0 Å². The molecule has 0 aromatic heterocycles. The Balaban J connectivity index is 2.87. The van der Waals surface area contributed by atoms with Gasteiger partial charge < -0.3 is 4.74 Å². The van der Waals surface area contributed by atoms with Gasteiger partial charge in [0.2, 0.25) is 0 Å². The van der Waals surface area contributed by atoms with Crippen LogP contribution in [0.3, 0.4) is 0 Å². The highest BCUT2D eigenvalue weighted by molar-refractivity contribution is 9.11. The molecule has 0 N–H and O–H groups in total. The second-order valence-electron chi connectivity index (χ2n) is 3.42. The average molecular weight is 295 g/mol. The van der Waals surface area contributed by atoms with Gasteiger partial charge in [0.25, 0.3) is 0 Å². The van der Waals surface area contributed by atoms with Crippen molar-refractivity contribution in [3.8, 4) is 0 Å². The maximum absolute atomic E-state index is 11.5. The monoisotopic (exact) mass is 294 g/mol. The molecule has 0 aliphatic heterocycles. The van der Waals surface area contributed by atoms with Crippen LogP contribution in [0.5, 0.6) is 0 Å². The summed E-state index contributed by atoms with van der Waals surface area (Å²) in [6.07, 6.45) is 2.62. The van der Waals surface area contributed by atoms with Crippen LogP contribution in [0, 0.1) is 0 Å². The predicted molar refractivity (Wildman–Crippen MR) is 74.1 cm³/mol. The van der Waals surface area contributed by atoms with E-state index in [0.29, 0.717) is 12.2 Å². The van der Waals surface area contributed by atoms with Crippen molar-refractivity contribution in [2.75, 3.05) is 6.61 Å². The summed E-state index contributed by atoms with van der Waals surface area (Å²) in [5.74, 6) is -0.285. The smallest absolute Gasteiger partial charge is 0.338 e. The first kappa shape index (κ1) is 13.7. The molecule has 1 aromatic carbocycles. The van der Waals surface area contributed by atoms with Gasteiger partial charge in [-0.05, 0) is 41.6 Å². The first-order chi connectivity index (χ1) is 8.22. The third-order valence-corrected chi connectivity index (χ3v) is 2.82. The number of ether oxygens (including phenoxy) is 1. The van der Waals surface area contributed by atoms with Crippen LogP contribution in [-0.2, 0) is 4.74 Å². The second kappa shape index (κ2) is 7.07.